The Morgan fingerprint density at radius 1 is 1.45 bits per heavy atom. The summed E-state index contributed by atoms with van der Waals surface area (Å²) in [6.45, 7) is 1.83. The van der Waals surface area contributed by atoms with Crippen molar-refractivity contribution in [3.8, 4) is 0 Å². The Bertz CT molecular complexity index is 507. The average Bonchev–Trinajstić information content (AvgIpc) is 2.86. The minimum absolute atomic E-state index is 0.0504. The molecule has 1 saturated heterocycles. The van der Waals surface area contributed by atoms with E-state index >= 15 is 0 Å². The first-order valence-electron chi connectivity index (χ1n) is 6.44. The van der Waals surface area contributed by atoms with E-state index in [0.29, 0.717) is 18.7 Å². The molecule has 1 fully saturated rings. The number of carbonyl (C=O) groups excluding carboxylic acids is 2. The Morgan fingerprint density at radius 2 is 2.20 bits per heavy atom. The molecule has 1 aromatic rings. The van der Waals surface area contributed by atoms with Crippen molar-refractivity contribution >= 4 is 27.8 Å². The van der Waals surface area contributed by atoms with E-state index in [0.717, 1.165) is 17.4 Å². The first-order chi connectivity index (χ1) is 9.60. The molecule has 1 aliphatic heterocycles. The van der Waals surface area contributed by atoms with E-state index in [1.54, 1.807) is 0 Å². The largest absolute Gasteiger partial charge is 0.453 e. The number of rotatable bonds is 4. The van der Waals surface area contributed by atoms with Crippen molar-refractivity contribution in [2.45, 2.75) is 12.5 Å². The van der Waals surface area contributed by atoms with Crippen molar-refractivity contribution in [3.05, 3.63) is 34.3 Å². The molecule has 2 rings (SSSR count). The first kappa shape index (κ1) is 15.0. The van der Waals surface area contributed by atoms with E-state index in [4.69, 9.17) is 0 Å². The number of halogens is 1. The number of ketones is 1. The molecule has 0 aromatic heterocycles. The number of nitrogens with zero attached hydrogens (tertiary/aromatic N) is 1. The predicted octanol–water partition coefficient (Wildman–Crippen LogP) is 2.06. The molecule has 20 heavy (non-hydrogen) atoms. The van der Waals surface area contributed by atoms with E-state index in [2.05, 4.69) is 26.0 Å². The van der Waals surface area contributed by atoms with Crippen LogP contribution in [-0.4, -0.2) is 49.6 Å². The van der Waals surface area contributed by atoms with Crippen LogP contribution in [-0.2, 0) is 4.74 Å². The number of methoxy groups -OCH3 is 1. The Balaban J connectivity index is 1.88. The summed E-state index contributed by atoms with van der Waals surface area (Å²) in [6.07, 6.45) is 0.409. The van der Waals surface area contributed by atoms with Gasteiger partial charge in [0, 0.05) is 29.2 Å². The smallest absolute Gasteiger partial charge is 0.407 e. The molecule has 0 saturated carbocycles. The number of hydrogen-bond donors (Lipinski definition) is 1. The zero-order valence-electron chi connectivity index (χ0n) is 11.3. The first-order valence-corrected chi connectivity index (χ1v) is 7.24. The minimum atomic E-state index is -0.422. The monoisotopic (exact) mass is 340 g/mol. The van der Waals surface area contributed by atoms with Crippen LogP contribution in [0.1, 0.15) is 16.8 Å². The Kier molecular flexibility index (Phi) is 5.14. The number of benzene rings is 1. The van der Waals surface area contributed by atoms with Crippen LogP contribution in [0.15, 0.2) is 28.7 Å². The third kappa shape index (κ3) is 3.80. The fourth-order valence-corrected chi connectivity index (χ4v) is 2.80. The molecule has 1 aromatic carbocycles. The van der Waals surface area contributed by atoms with Crippen LogP contribution in [0.2, 0.25) is 0 Å². The van der Waals surface area contributed by atoms with Crippen LogP contribution < -0.4 is 5.32 Å². The predicted molar refractivity (Wildman–Crippen MR) is 78.9 cm³/mol. The van der Waals surface area contributed by atoms with Crippen LogP contribution in [0.25, 0.3) is 0 Å². The van der Waals surface area contributed by atoms with Crippen molar-refractivity contribution < 1.29 is 14.3 Å². The van der Waals surface area contributed by atoms with Gasteiger partial charge in [-0.25, -0.2) is 4.79 Å². The van der Waals surface area contributed by atoms with E-state index in [-0.39, 0.29) is 11.8 Å². The molecule has 6 heteroatoms. The summed E-state index contributed by atoms with van der Waals surface area (Å²) in [6, 6.07) is 7.46. The summed E-state index contributed by atoms with van der Waals surface area (Å²) in [7, 11) is 1.35. The minimum Gasteiger partial charge on any atom is -0.453 e. The standard InChI is InChI=1S/C14H17BrN2O3/c1-20-14(19)16-10-6-7-17(8-10)9-13(18)11-4-2-3-5-12(11)15/h2-5,10H,6-9H2,1H3,(H,16,19). The molecule has 0 aliphatic carbocycles. The Hall–Kier alpha value is -1.40. The van der Waals surface area contributed by atoms with Gasteiger partial charge in [-0.05, 0) is 12.5 Å². The van der Waals surface area contributed by atoms with Gasteiger partial charge < -0.3 is 10.1 Å². The lowest BCUT2D eigenvalue weighted by Crippen LogP contribution is -2.38. The topological polar surface area (TPSA) is 58.6 Å². The van der Waals surface area contributed by atoms with Crippen molar-refractivity contribution in [1.29, 1.82) is 0 Å². The van der Waals surface area contributed by atoms with Crippen molar-refractivity contribution in [3.63, 3.8) is 0 Å². The van der Waals surface area contributed by atoms with E-state index in [1.165, 1.54) is 7.11 Å². The number of likely N-dealkylation sites (tertiary alicyclic amines) is 1. The molecular weight excluding hydrogens is 324 g/mol. The fourth-order valence-electron chi connectivity index (χ4n) is 2.30. The van der Waals surface area contributed by atoms with Crippen molar-refractivity contribution in [1.82, 2.24) is 10.2 Å². The molecule has 1 amide bonds. The molecule has 108 valence electrons. The van der Waals surface area contributed by atoms with Gasteiger partial charge in [-0.15, -0.1) is 0 Å². The van der Waals surface area contributed by atoms with Crippen LogP contribution >= 0.6 is 15.9 Å². The van der Waals surface area contributed by atoms with Gasteiger partial charge in [-0.2, -0.15) is 0 Å². The zero-order valence-corrected chi connectivity index (χ0v) is 12.9. The molecular formula is C14H17BrN2O3. The van der Waals surface area contributed by atoms with Crippen LogP contribution in [0.5, 0.6) is 0 Å². The summed E-state index contributed by atoms with van der Waals surface area (Å²) in [5.41, 5.74) is 0.692. The number of hydrogen-bond acceptors (Lipinski definition) is 4. The van der Waals surface area contributed by atoms with Gasteiger partial charge in [0.1, 0.15) is 0 Å². The molecule has 1 heterocycles. The molecule has 1 atom stereocenters. The second kappa shape index (κ2) is 6.85. The fraction of sp³-hybridized carbons (Fsp3) is 0.429. The number of alkyl carbamates (subject to hydrolysis) is 1. The number of ether oxygens (including phenoxy) is 1. The van der Waals surface area contributed by atoms with Gasteiger partial charge >= 0.3 is 6.09 Å². The quantitative estimate of drug-likeness (QED) is 0.852. The summed E-state index contributed by atoms with van der Waals surface area (Å²) in [4.78, 5) is 25.4. The summed E-state index contributed by atoms with van der Waals surface area (Å²) in [5, 5.41) is 2.76. The zero-order chi connectivity index (χ0) is 14.5. The van der Waals surface area contributed by atoms with Crippen molar-refractivity contribution in [2.24, 2.45) is 0 Å². The van der Waals surface area contributed by atoms with E-state index in [9.17, 15) is 9.59 Å². The Labute approximate surface area is 126 Å². The second-order valence-corrected chi connectivity index (χ2v) is 5.61. The van der Waals surface area contributed by atoms with Gasteiger partial charge in [-0.1, -0.05) is 34.1 Å². The highest BCUT2D eigenvalue weighted by atomic mass is 79.9. The third-order valence-electron chi connectivity index (χ3n) is 3.32. The average molecular weight is 341 g/mol. The lowest BCUT2D eigenvalue weighted by Gasteiger charge is -2.16. The molecule has 1 unspecified atom stereocenters. The lowest BCUT2D eigenvalue weighted by atomic mass is 10.1. The highest BCUT2D eigenvalue weighted by molar-refractivity contribution is 9.10. The molecule has 1 aliphatic rings. The molecule has 0 bridgehead atoms. The van der Waals surface area contributed by atoms with E-state index < -0.39 is 6.09 Å². The van der Waals surface area contributed by atoms with Crippen LogP contribution in [0.3, 0.4) is 0 Å². The Morgan fingerprint density at radius 3 is 2.90 bits per heavy atom. The number of Topliss-reactive ketones (excluding diaryl/α,β-unsaturated/α-hetero) is 1. The third-order valence-corrected chi connectivity index (χ3v) is 4.01. The van der Waals surface area contributed by atoms with Gasteiger partial charge in [-0.3, -0.25) is 9.69 Å². The summed E-state index contributed by atoms with van der Waals surface area (Å²) in [5.74, 6) is 0.0798. The maximum atomic E-state index is 12.2. The molecule has 1 N–H and O–H groups in total. The van der Waals surface area contributed by atoms with Gasteiger partial charge in [0.2, 0.25) is 0 Å². The lowest BCUT2D eigenvalue weighted by molar-refractivity contribution is 0.0943. The number of amides is 1. The highest BCUT2D eigenvalue weighted by Crippen LogP contribution is 2.18. The molecule has 0 spiro atoms. The summed E-state index contributed by atoms with van der Waals surface area (Å²) < 4.78 is 5.39. The number of nitrogens with one attached hydrogen (secondary N) is 1. The highest BCUT2D eigenvalue weighted by Gasteiger charge is 2.26. The second-order valence-electron chi connectivity index (χ2n) is 4.76. The molecule has 0 radical (unpaired) electrons. The van der Waals surface area contributed by atoms with Gasteiger partial charge in [0.05, 0.1) is 13.7 Å². The maximum absolute atomic E-state index is 12.2. The van der Waals surface area contributed by atoms with Gasteiger partial charge in [0.15, 0.2) is 5.78 Å². The maximum Gasteiger partial charge on any atom is 0.407 e. The normalized spacial score (nSPS) is 18.8. The number of carbonyl (C=O) groups is 2. The summed E-state index contributed by atoms with van der Waals surface area (Å²) >= 11 is 3.39. The van der Waals surface area contributed by atoms with Crippen LogP contribution in [0.4, 0.5) is 4.79 Å². The van der Waals surface area contributed by atoms with Crippen molar-refractivity contribution in [2.75, 3.05) is 26.7 Å². The molecule has 5 nitrogen and oxygen atoms in total. The van der Waals surface area contributed by atoms with Gasteiger partial charge in [0.25, 0.3) is 0 Å². The van der Waals surface area contributed by atoms with Crippen LogP contribution in [0, 0.1) is 0 Å². The SMILES string of the molecule is COC(=O)NC1CCN(CC(=O)c2ccccc2Br)C1. The van der Waals surface area contributed by atoms with E-state index in [1.807, 2.05) is 29.2 Å².